The lowest BCUT2D eigenvalue weighted by molar-refractivity contribution is -0.136. The predicted octanol–water partition coefficient (Wildman–Crippen LogP) is 2.14. The number of carbonyl (C=O) groups is 1. The van der Waals surface area contributed by atoms with E-state index in [-0.39, 0.29) is 18.4 Å². The Morgan fingerprint density at radius 2 is 2.05 bits per heavy atom. The average molecular weight is 264 g/mol. The molecule has 1 heterocycles. The number of nitrogens with zero attached hydrogens (tertiary/aromatic N) is 1. The van der Waals surface area contributed by atoms with Crippen molar-refractivity contribution in [3.63, 3.8) is 0 Å². The maximum atomic E-state index is 12.0. The number of hydrogen-bond donors (Lipinski definition) is 2. The molecule has 0 bridgehead atoms. The Hall–Kier alpha value is -1.65. The summed E-state index contributed by atoms with van der Waals surface area (Å²) in [5.74, 6) is 0.241. The molecular formula is C14H20N2O3. The van der Waals surface area contributed by atoms with Crippen molar-refractivity contribution in [3.05, 3.63) is 27.4 Å². The number of aliphatic carboxylic acids is 1. The Balaban J connectivity index is 2.20. The SMILES string of the molecule is Cc1nc(C2CCCCC2)[nH]c(=O)c1CCC(=O)O. The molecule has 19 heavy (non-hydrogen) atoms. The van der Waals surface area contributed by atoms with Gasteiger partial charge < -0.3 is 10.1 Å². The summed E-state index contributed by atoms with van der Waals surface area (Å²) in [4.78, 5) is 29.9. The number of aromatic amines is 1. The highest BCUT2D eigenvalue weighted by Crippen LogP contribution is 2.30. The molecule has 0 aromatic carbocycles. The number of aromatic nitrogens is 2. The highest BCUT2D eigenvalue weighted by Gasteiger charge is 2.19. The Morgan fingerprint density at radius 1 is 1.37 bits per heavy atom. The fourth-order valence-corrected chi connectivity index (χ4v) is 2.73. The molecule has 1 fully saturated rings. The number of carboxylic acid groups (broad SMARTS) is 1. The van der Waals surface area contributed by atoms with E-state index in [9.17, 15) is 9.59 Å². The van der Waals surface area contributed by atoms with Crippen molar-refractivity contribution < 1.29 is 9.90 Å². The molecule has 1 aliphatic rings. The van der Waals surface area contributed by atoms with Crippen molar-refractivity contribution >= 4 is 5.97 Å². The topological polar surface area (TPSA) is 83.0 Å². The third-order valence-corrected chi connectivity index (χ3v) is 3.82. The van der Waals surface area contributed by atoms with Crippen LogP contribution in [0, 0.1) is 6.92 Å². The highest BCUT2D eigenvalue weighted by atomic mass is 16.4. The Labute approximate surface area is 112 Å². The average Bonchev–Trinajstić information content (AvgIpc) is 2.38. The molecule has 0 radical (unpaired) electrons. The van der Waals surface area contributed by atoms with Crippen LogP contribution in [-0.4, -0.2) is 21.0 Å². The van der Waals surface area contributed by atoms with Crippen LogP contribution in [0.2, 0.25) is 0 Å². The van der Waals surface area contributed by atoms with Gasteiger partial charge in [0.1, 0.15) is 5.82 Å². The lowest BCUT2D eigenvalue weighted by Crippen LogP contribution is -2.22. The van der Waals surface area contributed by atoms with E-state index in [1.807, 2.05) is 0 Å². The summed E-state index contributed by atoms with van der Waals surface area (Å²) >= 11 is 0. The van der Waals surface area contributed by atoms with Gasteiger partial charge in [0.05, 0.1) is 0 Å². The summed E-state index contributed by atoms with van der Waals surface area (Å²) in [6.07, 6.45) is 6.01. The number of carboxylic acids is 1. The first-order valence-electron chi connectivity index (χ1n) is 6.89. The zero-order chi connectivity index (χ0) is 13.8. The molecule has 0 amide bonds. The molecule has 1 aromatic rings. The molecule has 0 spiro atoms. The Bertz CT molecular complexity index is 516. The van der Waals surface area contributed by atoms with Gasteiger partial charge in [0.25, 0.3) is 5.56 Å². The molecule has 2 N–H and O–H groups in total. The van der Waals surface area contributed by atoms with Gasteiger partial charge >= 0.3 is 5.97 Å². The maximum absolute atomic E-state index is 12.0. The van der Waals surface area contributed by atoms with Crippen molar-refractivity contribution in [2.45, 2.75) is 57.8 Å². The van der Waals surface area contributed by atoms with Gasteiger partial charge in [-0.3, -0.25) is 9.59 Å². The van der Waals surface area contributed by atoms with Crippen LogP contribution in [0.15, 0.2) is 4.79 Å². The van der Waals surface area contributed by atoms with Crippen LogP contribution in [0.5, 0.6) is 0 Å². The number of rotatable bonds is 4. The maximum Gasteiger partial charge on any atom is 0.303 e. The summed E-state index contributed by atoms with van der Waals surface area (Å²) in [5, 5.41) is 8.68. The highest BCUT2D eigenvalue weighted by molar-refractivity contribution is 5.67. The van der Waals surface area contributed by atoms with Gasteiger partial charge in [-0.05, 0) is 26.2 Å². The van der Waals surface area contributed by atoms with E-state index in [0.717, 1.165) is 18.7 Å². The third-order valence-electron chi connectivity index (χ3n) is 3.82. The molecule has 5 nitrogen and oxygen atoms in total. The molecule has 0 unspecified atom stereocenters. The first kappa shape index (κ1) is 13.8. The monoisotopic (exact) mass is 264 g/mol. The van der Waals surface area contributed by atoms with E-state index in [0.29, 0.717) is 17.2 Å². The normalized spacial score (nSPS) is 16.5. The van der Waals surface area contributed by atoms with E-state index in [1.54, 1.807) is 6.92 Å². The standard InChI is InChI=1S/C14H20N2O3/c1-9-11(7-8-12(17)18)14(19)16-13(15-9)10-5-3-2-4-6-10/h10H,2-8H2,1H3,(H,17,18)(H,15,16,19). The van der Waals surface area contributed by atoms with Crippen LogP contribution in [-0.2, 0) is 11.2 Å². The van der Waals surface area contributed by atoms with Crippen molar-refractivity contribution in [1.82, 2.24) is 9.97 Å². The van der Waals surface area contributed by atoms with E-state index >= 15 is 0 Å². The molecule has 0 saturated heterocycles. The van der Waals surface area contributed by atoms with Gasteiger partial charge in [-0.25, -0.2) is 4.98 Å². The number of nitrogens with one attached hydrogen (secondary N) is 1. The summed E-state index contributed by atoms with van der Waals surface area (Å²) in [5.41, 5.74) is 1.00. The second-order valence-corrected chi connectivity index (χ2v) is 5.24. The zero-order valence-electron chi connectivity index (χ0n) is 11.2. The second kappa shape index (κ2) is 5.99. The molecule has 0 aliphatic heterocycles. The summed E-state index contributed by atoms with van der Waals surface area (Å²) < 4.78 is 0. The van der Waals surface area contributed by atoms with Crippen LogP contribution in [0.1, 0.15) is 61.5 Å². The molecule has 5 heteroatoms. The number of hydrogen-bond acceptors (Lipinski definition) is 3. The third kappa shape index (κ3) is 3.43. The minimum atomic E-state index is -0.893. The zero-order valence-corrected chi connectivity index (χ0v) is 11.2. The van der Waals surface area contributed by atoms with Gasteiger partial charge in [-0.15, -0.1) is 0 Å². The smallest absolute Gasteiger partial charge is 0.303 e. The minimum Gasteiger partial charge on any atom is -0.481 e. The van der Waals surface area contributed by atoms with Crippen molar-refractivity contribution in [2.75, 3.05) is 0 Å². The van der Waals surface area contributed by atoms with E-state index in [4.69, 9.17) is 5.11 Å². The Kier molecular flexibility index (Phi) is 4.35. The second-order valence-electron chi connectivity index (χ2n) is 5.24. The van der Waals surface area contributed by atoms with Gasteiger partial charge in [-0.1, -0.05) is 19.3 Å². The van der Waals surface area contributed by atoms with E-state index in [1.165, 1.54) is 19.3 Å². The summed E-state index contributed by atoms with van der Waals surface area (Å²) in [7, 11) is 0. The number of H-pyrrole nitrogens is 1. The first-order valence-corrected chi connectivity index (χ1v) is 6.89. The van der Waals surface area contributed by atoms with Crippen molar-refractivity contribution in [2.24, 2.45) is 0 Å². The summed E-state index contributed by atoms with van der Waals surface area (Å²) in [6.45, 7) is 1.79. The molecular weight excluding hydrogens is 244 g/mol. The fourth-order valence-electron chi connectivity index (χ4n) is 2.73. The van der Waals surface area contributed by atoms with Gasteiger partial charge in [-0.2, -0.15) is 0 Å². The fraction of sp³-hybridized carbons (Fsp3) is 0.643. The largest absolute Gasteiger partial charge is 0.481 e. The van der Waals surface area contributed by atoms with Crippen LogP contribution in [0.4, 0.5) is 0 Å². The molecule has 1 saturated carbocycles. The summed E-state index contributed by atoms with van der Waals surface area (Å²) in [6, 6.07) is 0. The van der Waals surface area contributed by atoms with Crippen LogP contribution in [0.3, 0.4) is 0 Å². The first-order chi connectivity index (χ1) is 9.08. The lowest BCUT2D eigenvalue weighted by atomic mass is 9.88. The molecule has 2 rings (SSSR count). The van der Waals surface area contributed by atoms with Crippen molar-refractivity contribution in [3.8, 4) is 0 Å². The predicted molar refractivity (Wildman–Crippen MR) is 71.4 cm³/mol. The Morgan fingerprint density at radius 3 is 2.63 bits per heavy atom. The van der Waals surface area contributed by atoms with Crippen molar-refractivity contribution in [1.29, 1.82) is 0 Å². The van der Waals surface area contributed by atoms with Crippen LogP contribution >= 0.6 is 0 Å². The van der Waals surface area contributed by atoms with Crippen LogP contribution < -0.4 is 5.56 Å². The van der Waals surface area contributed by atoms with Gasteiger partial charge in [0.15, 0.2) is 0 Å². The lowest BCUT2D eigenvalue weighted by Gasteiger charge is -2.21. The van der Waals surface area contributed by atoms with Gasteiger partial charge in [0, 0.05) is 23.6 Å². The minimum absolute atomic E-state index is 0.0334. The van der Waals surface area contributed by atoms with Gasteiger partial charge in [0.2, 0.25) is 0 Å². The van der Waals surface area contributed by atoms with Crippen LogP contribution in [0.25, 0.3) is 0 Å². The number of aryl methyl sites for hydroxylation is 1. The quantitative estimate of drug-likeness (QED) is 0.872. The van der Waals surface area contributed by atoms with E-state index in [2.05, 4.69) is 9.97 Å². The molecule has 1 aliphatic carbocycles. The molecule has 1 aromatic heterocycles. The van der Waals surface area contributed by atoms with E-state index < -0.39 is 5.97 Å². The molecule has 104 valence electrons. The molecule has 0 atom stereocenters.